The summed E-state index contributed by atoms with van der Waals surface area (Å²) in [6.45, 7) is 0. The zero-order valence-electron chi connectivity index (χ0n) is 16.4. The number of nitrogens with one attached hydrogen (secondary N) is 1. The van der Waals surface area contributed by atoms with Crippen LogP contribution in [0.15, 0.2) is 53.3 Å². The number of nitrogens with zero attached hydrogens (tertiary/aromatic N) is 2. The molecule has 0 saturated heterocycles. The highest BCUT2D eigenvalue weighted by Crippen LogP contribution is 2.33. The molecule has 4 rings (SSSR count). The van der Waals surface area contributed by atoms with Gasteiger partial charge in [-0.3, -0.25) is 19.5 Å². The second-order valence-corrected chi connectivity index (χ2v) is 6.54. The van der Waals surface area contributed by atoms with Crippen molar-refractivity contribution in [1.29, 1.82) is 0 Å². The van der Waals surface area contributed by atoms with Crippen LogP contribution in [0, 0.1) is 10.1 Å². The monoisotopic (exact) mass is 421 g/mol. The lowest BCUT2D eigenvalue weighted by molar-refractivity contribution is -0.384. The van der Waals surface area contributed by atoms with E-state index in [1.165, 1.54) is 22.8 Å². The number of para-hydroxylation sites is 1. The molecule has 0 radical (unpaired) electrons. The molecule has 0 unspecified atom stereocenters. The van der Waals surface area contributed by atoms with E-state index >= 15 is 0 Å². The van der Waals surface area contributed by atoms with Gasteiger partial charge in [-0.1, -0.05) is 18.2 Å². The average molecular weight is 421 g/mol. The van der Waals surface area contributed by atoms with Crippen LogP contribution in [-0.2, 0) is 9.47 Å². The Kier molecular flexibility index (Phi) is 4.74. The summed E-state index contributed by atoms with van der Waals surface area (Å²) in [4.78, 5) is 51.8. The topological polar surface area (TPSA) is 134 Å². The molecule has 4 aromatic rings. The van der Waals surface area contributed by atoms with Crippen LogP contribution in [0.4, 0.5) is 5.69 Å². The van der Waals surface area contributed by atoms with Gasteiger partial charge in [0.1, 0.15) is 11.4 Å². The van der Waals surface area contributed by atoms with Crippen LogP contribution in [0.2, 0.25) is 0 Å². The van der Waals surface area contributed by atoms with Gasteiger partial charge in [0.25, 0.3) is 11.2 Å². The summed E-state index contributed by atoms with van der Waals surface area (Å²) in [7, 11) is 2.27. The summed E-state index contributed by atoms with van der Waals surface area (Å²) in [5, 5.41) is 11.5. The quantitative estimate of drug-likeness (QED) is 0.304. The lowest BCUT2D eigenvalue weighted by atomic mass is 10.0. The van der Waals surface area contributed by atoms with Crippen molar-refractivity contribution in [2.45, 2.75) is 0 Å². The Hall–Kier alpha value is -4.47. The number of methoxy groups -OCH3 is 2. The van der Waals surface area contributed by atoms with Gasteiger partial charge in [-0.25, -0.2) is 9.59 Å². The number of H-pyrrole nitrogens is 1. The predicted octanol–water partition coefficient (Wildman–Crippen LogP) is 2.95. The summed E-state index contributed by atoms with van der Waals surface area (Å²) in [5.74, 6) is -1.72. The Bertz CT molecular complexity index is 1430. The molecule has 31 heavy (non-hydrogen) atoms. The predicted molar refractivity (Wildman–Crippen MR) is 111 cm³/mol. The number of nitro groups is 1. The molecule has 0 fully saturated rings. The average Bonchev–Trinajstić information content (AvgIpc) is 3.20. The van der Waals surface area contributed by atoms with Gasteiger partial charge in [0, 0.05) is 28.6 Å². The number of fused-ring (bicyclic) bond motifs is 3. The molecular weight excluding hydrogens is 406 g/mol. The minimum atomic E-state index is -0.873. The number of ether oxygens (including phenoxy) is 2. The Labute approximate surface area is 173 Å². The van der Waals surface area contributed by atoms with Gasteiger partial charge < -0.3 is 14.5 Å². The number of esters is 2. The zero-order chi connectivity index (χ0) is 22.3. The molecule has 0 amide bonds. The van der Waals surface area contributed by atoms with Crippen molar-refractivity contribution in [1.82, 2.24) is 9.55 Å². The lowest BCUT2D eigenvalue weighted by Crippen LogP contribution is -2.20. The van der Waals surface area contributed by atoms with Crippen LogP contribution in [0.25, 0.3) is 27.4 Å². The van der Waals surface area contributed by atoms with Crippen molar-refractivity contribution in [3.05, 3.63) is 80.4 Å². The molecule has 2 heterocycles. The number of hydrogen-bond donors (Lipinski definition) is 1. The molecule has 0 aliphatic carbocycles. The van der Waals surface area contributed by atoms with Gasteiger partial charge in [-0.2, -0.15) is 0 Å². The number of carbonyl (C=O) groups is 2. The maximum Gasteiger partial charge on any atom is 0.355 e. The van der Waals surface area contributed by atoms with Crippen LogP contribution in [0.3, 0.4) is 0 Å². The second kappa shape index (κ2) is 7.41. The van der Waals surface area contributed by atoms with E-state index in [0.29, 0.717) is 11.2 Å². The normalized spacial score (nSPS) is 10.9. The fraction of sp³-hybridized carbons (Fsp3) is 0.0952. The SMILES string of the molecule is COC(=O)c1[nH]c(C(=O)OC)c2c1c(=O)n(-c1ccccc1)c1ccc([N+](=O)[O-])cc21. The van der Waals surface area contributed by atoms with Crippen LogP contribution < -0.4 is 5.56 Å². The van der Waals surface area contributed by atoms with Gasteiger partial charge in [-0.15, -0.1) is 0 Å². The van der Waals surface area contributed by atoms with Gasteiger partial charge in [-0.05, 0) is 18.2 Å². The highest BCUT2D eigenvalue weighted by Gasteiger charge is 2.28. The smallest absolute Gasteiger partial charge is 0.355 e. The number of aromatic amines is 1. The maximum atomic E-state index is 13.6. The van der Waals surface area contributed by atoms with Crippen molar-refractivity contribution in [3.8, 4) is 5.69 Å². The first kappa shape index (κ1) is 19.8. The zero-order valence-corrected chi connectivity index (χ0v) is 16.4. The molecule has 10 heteroatoms. The van der Waals surface area contributed by atoms with E-state index in [1.54, 1.807) is 30.3 Å². The fourth-order valence-electron chi connectivity index (χ4n) is 3.58. The van der Waals surface area contributed by atoms with Crippen LogP contribution in [-0.4, -0.2) is 40.6 Å². The number of rotatable bonds is 4. The first-order valence-corrected chi connectivity index (χ1v) is 9.00. The van der Waals surface area contributed by atoms with Gasteiger partial charge in [0.15, 0.2) is 0 Å². The number of hydrogen-bond acceptors (Lipinski definition) is 7. The number of pyridine rings is 1. The fourth-order valence-corrected chi connectivity index (χ4v) is 3.58. The molecule has 156 valence electrons. The number of benzene rings is 2. The van der Waals surface area contributed by atoms with Crippen molar-refractivity contribution >= 4 is 39.3 Å². The first-order valence-electron chi connectivity index (χ1n) is 9.00. The Balaban J connectivity index is 2.31. The Morgan fingerprint density at radius 1 is 0.968 bits per heavy atom. The first-order chi connectivity index (χ1) is 14.9. The highest BCUT2D eigenvalue weighted by molar-refractivity contribution is 6.20. The van der Waals surface area contributed by atoms with Crippen LogP contribution in [0.1, 0.15) is 21.0 Å². The summed E-state index contributed by atoms with van der Waals surface area (Å²) in [6.07, 6.45) is 0. The van der Waals surface area contributed by atoms with E-state index in [-0.39, 0.29) is 33.2 Å². The number of nitro benzene ring substituents is 1. The number of aromatic nitrogens is 2. The van der Waals surface area contributed by atoms with Gasteiger partial charge in [0.2, 0.25) is 0 Å². The molecule has 2 aromatic heterocycles. The number of non-ortho nitro benzene ring substituents is 1. The third-order valence-electron chi connectivity index (χ3n) is 4.91. The molecule has 0 saturated carbocycles. The largest absolute Gasteiger partial charge is 0.464 e. The lowest BCUT2D eigenvalue weighted by Gasteiger charge is -2.12. The minimum Gasteiger partial charge on any atom is -0.464 e. The minimum absolute atomic E-state index is 0.0446. The Morgan fingerprint density at radius 3 is 2.16 bits per heavy atom. The summed E-state index contributed by atoms with van der Waals surface area (Å²) < 4.78 is 10.9. The molecule has 1 N–H and O–H groups in total. The van der Waals surface area contributed by atoms with E-state index < -0.39 is 22.4 Å². The summed E-state index contributed by atoms with van der Waals surface area (Å²) >= 11 is 0. The van der Waals surface area contributed by atoms with E-state index in [1.807, 2.05) is 0 Å². The second-order valence-electron chi connectivity index (χ2n) is 6.54. The molecular formula is C21H15N3O7. The van der Waals surface area contributed by atoms with Crippen molar-refractivity contribution in [2.24, 2.45) is 0 Å². The summed E-state index contributed by atoms with van der Waals surface area (Å²) in [6, 6.07) is 12.5. The molecule has 10 nitrogen and oxygen atoms in total. The third kappa shape index (κ3) is 3.01. The molecule has 0 aliphatic rings. The van der Waals surface area contributed by atoms with Gasteiger partial charge >= 0.3 is 11.9 Å². The molecule has 0 bridgehead atoms. The molecule has 0 atom stereocenters. The Morgan fingerprint density at radius 2 is 1.58 bits per heavy atom. The van der Waals surface area contributed by atoms with Crippen molar-refractivity contribution in [3.63, 3.8) is 0 Å². The van der Waals surface area contributed by atoms with E-state index in [4.69, 9.17) is 9.47 Å². The van der Waals surface area contributed by atoms with Crippen LogP contribution >= 0.6 is 0 Å². The summed E-state index contributed by atoms with van der Waals surface area (Å²) in [5.41, 5.74) is -0.487. The number of carbonyl (C=O) groups excluding carboxylic acids is 2. The standard InChI is InChI=1S/C21H15N3O7/c1-30-20(26)17-15-13-10-12(24(28)29)8-9-14(13)23(11-6-4-3-5-7-11)19(25)16(15)18(22-17)21(27)31-2/h3-10,22H,1-2H3. The third-order valence-corrected chi connectivity index (χ3v) is 4.91. The van der Waals surface area contributed by atoms with Crippen molar-refractivity contribution in [2.75, 3.05) is 14.2 Å². The molecule has 0 spiro atoms. The van der Waals surface area contributed by atoms with E-state index in [9.17, 15) is 24.5 Å². The van der Waals surface area contributed by atoms with E-state index in [0.717, 1.165) is 14.2 Å². The van der Waals surface area contributed by atoms with Gasteiger partial charge in [0.05, 0.1) is 30.0 Å². The van der Waals surface area contributed by atoms with E-state index in [2.05, 4.69) is 4.98 Å². The molecule has 0 aliphatic heterocycles. The van der Waals surface area contributed by atoms with Crippen LogP contribution in [0.5, 0.6) is 0 Å². The highest BCUT2D eigenvalue weighted by atomic mass is 16.6. The molecule has 2 aromatic carbocycles. The maximum absolute atomic E-state index is 13.6. The van der Waals surface area contributed by atoms with Crippen molar-refractivity contribution < 1.29 is 24.0 Å².